The van der Waals surface area contributed by atoms with Gasteiger partial charge < -0.3 is 9.84 Å². The monoisotopic (exact) mass is 271 g/mol. The van der Waals surface area contributed by atoms with Gasteiger partial charge >= 0.3 is 6.18 Å². The Balaban J connectivity index is 2.24. The summed E-state index contributed by atoms with van der Waals surface area (Å²) < 4.78 is 42.7. The molecule has 0 radical (unpaired) electrons. The van der Waals surface area contributed by atoms with Gasteiger partial charge in [-0.15, -0.1) is 0 Å². The van der Waals surface area contributed by atoms with E-state index in [-0.39, 0.29) is 11.5 Å². The molecule has 1 aromatic carbocycles. The van der Waals surface area contributed by atoms with Crippen LogP contribution in [0.25, 0.3) is 11.5 Å². The largest absolute Gasteiger partial charge is 0.416 e. The Morgan fingerprint density at radius 2 is 2.11 bits per heavy atom. The summed E-state index contributed by atoms with van der Waals surface area (Å²) in [5.41, 5.74) is -0.485. The van der Waals surface area contributed by atoms with Crippen molar-refractivity contribution in [1.82, 2.24) is 15.5 Å². The van der Waals surface area contributed by atoms with Gasteiger partial charge in [0.15, 0.2) is 5.82 Å². The quantitative estimate of drug-likeness (QED) is 0.929. The molecule has 0 spiro atoms. The standard InChI is InChI=1S/C12H12F3N3O/c1-2-16-7-10-17-11(19-18-10)8-4-3-5-9(6-8)12(13,14)15/h3-6,16H,2,7H2,1H3. The number of alkyl halides is 3. The number of nitrogens with zero attached hydrogens (tertiary/aromatic N) is 2. The average molecular weight is 271 g/mol. The maximum atomic E-state index is 12.6. The molecule has 0 atom stereocenters. The van der Waals surface area contributed by atoms with Crippen molar-refractivity contribution in [3.05, 3.63) is 35.7 Å². The van der Waals surface area contributed by atoms with Crippen molar-refractivity contribution >= 4 is 0 Å². The van der Waals surface area contributed by atoms with Crippen molar-refractivity contribution in [2.75, 3.05) is 6.54 Å². The highest BCUT2D eigenvalue weighted by atomic mass is 19.4. The molecule has 0 saturated carbocycles. The van der Waals surface area contributed by atoms with Crippen molar-refractivity contribution in [2.24, 2.45) is 0 Å². The molecule has 1 N–H and O–H groups in total. The number of aromatic nitrogens is 2. The van der Waals surface area contributed by atoms with Crippen LogP contribution in [0, 0.1) is 0 Å². The number of hydrogen-bond donors (Lipinski definition) is 1. The molecule has 2 rings (SSSR count). The zero-order valence-electron chi connectivity index (χ0n) is 10.2. The van der Waals surface area contributed by atoms with Gasteiger partial charge in [0.05, 0.1) is 12.1 Å². The molecule has 0 amide bonds. The zero-order valence-corrected chi connectivity index (χ0v) is 10.2. The lowest BCUT2D eigenvalue weighted by Crippen LogP contribution is -2.12. The number of nitrogens with one attached hydrogen (secondary N) is 1. The molecule has 0 aliphatic heterocycles. The molecule has 0 saturated heterocycles. The second-order valence-electron chi connectivity index (χ2n) is 3.87. The molecule has 7 heteroatoms. The molecule has 0 bridgehead atoms. The van der Waals surface area contributed by atoms with Crippen molar-refractivity contribution in [1.29, 1.82) is 0 Å². The van der Waals surface area contributed by atoms with Crippen molar-refractivity contribution in [3.8, 4) is 11.5 Å². The molecule has 0 aliphatic carbocycles. The summed E-state index contributed by atoms with van der Waals surface area (Å²) in [4.78, 5) is 4.03. The van der Waals surface area contributed by atoms with Gasteiger partial charge in [-0.25, -0.2) is 0 Å². The number of benzene rings is 1. The van der Waals surface area contributed by atoms with Crippen LogP contribution in [-0.4, -0.2) is 16.7 Å². The highest BCUT2D eigenvalue weighted by Crippen LogP contribution is 2.31. The van der Waals surface area contributed by atoms with Crippen LogP contribution in [0.2, 0.25) is 0 Å². The minimum absolute atomic E-state index is 0.0824. The second kappa shape index (κ2) is 5.40. The third-order valence-corrected chi connectivity index (χ3v) is 2.44. The van der Waals surface area contributed by atoms with Crippen LogP contribution in [0.3, 0.4) is 0 Å². The Morgan fingerprint density at radius 1 is 1.32 bits per heavy atom. The fraction of sp³-hybridized carbons (Fsp3) is 0.333. The smallest absolute Gasteiger partial charge is 0.334 e. The van der Waals surface area contributed by atoms with Gasteiger partial charge in [0.25, 0.3) is 5.89 Å². The summed E-state index contributed by atoms with van der Waals surface area (Å²) in [5.74, 6) is 0.494. The lowest BCUT2D eigenvalue weighted by Gasteiger charge is -2.06. The maximum Gasteiger partial charge on any atom is 0.416 e. The molecule has 4 nitrogen and oxygen atoms in total. The summed E-state index contributed by atoms with van der Waals surface area (Å²) in [6.07, 6.45) is -4.39. The van der Waals surface area contributed by atoms with E-state index in [4.69, 9.17) is 4.52 Å². The van der Waals surface area contributed by atoms with Gasteiger partial charge in [-0.1, -0.05) is 18.1 Å². The van der Waals surface area contributed by atoms with Crippen LogP contribution in [0.4, 0.5) is 13.2 Å². The third kappa shape index (κ3) is 3.31. The van der Waals surface area contributed by atoms with E-state index >= 15 is 0 Å². The van der Waals surface area contributed by atoms with E-state index in [1.807, 2.05) is 6.92 Å². The number of hydrogen-bond acceptors (Lipinski definition) is 4. The normalized spacial score (nSPS) is 11.8. The second-order valence-corrected chi connectivity index (χ2v) is 3.87. The zero-order chi connectivity index (χ0) is 13.9. The molecular formula is C12H12F3N3O. The van der Waals surface area contributed by atoms with Crippen LogP contribution in [0.15, 0.2) is 28.8 Å². The Bertz CT molecular complexity index is 551. The summed E-state index contributed by atoms with van der Waals surface area (Å²) >= 11 is 0. The fourth-order valence-corrected chi connectivity index (χ4v) is 1.51. The van der Waals surface area contributed by atoms with E-state index in [9.17, 15) is 13.2 Å². The first-order chi connectivity index (χ1) is 9.00. The summed E-state index contributed by atoms with van der Waals surface area (Å²) in [6, 6.07) is 4.80. The Labute approximate surface area is 107 Å². The minimum Gasteiger partial charge on any atom is -0.334 e. The van der Waals surface area contributed by atoms with Crippen LogP contribution in [-0.2, 0) is 12.7 Å². The van der Waals surface area contributed by atoms with Gasteiger partial charge in [0.2, 0.25) is 0 Å². The average Bonchev–Trinajstić information content (AvgIpc) is 2.84. The molecule has 2 aromatic rings. The predicted molar refractivity (Wildman–Crippen MR) is 62.1 cm³/mol. The van der Waals surface area contributed by atoms with Crippen LogP contribution < -0.4 is 5.32 Å². The van der Waals surface area contributed by atoms with Crippen molar-refractivity contribution in [2.45, 2.75) is 19.6 Å². The summed E-state index contributed by atoms with van der Waals surface area (Å²) in [6.45, 7) is 3.08. The molecular weight excluding hydrogens is 259 g/mol. The molecule has 19 heavy (non-hydrogen) atoms. The first-order valence-corrected chi connectivity index (χ1v) is 5.71. The first-order valence-electron chi connectivity index (χ1n) is 5.71. The van der Waals surface area contributed by atoms with Gasteiger partial charge in [-0.05, 0) is 24.7 Å². The van der Waals surface area contributed by atoms with Gasteiger partial charge in [0, 0.05) is 5.56 Å². The fourth-order valence-electron chi connectivity index (χ4n) is 1.51. The highest BCUT2D eigenvalue weighted by molar-refractivity contribution is 5.54. The molecule has 1 aromatic heterocycles. The Morgan fingerprint density at radius 3 is 2.79 bits per heavy atom. The van der Waals surface area contributed by atoms with Crippen LogP contribution >= 0.6 is 0 Å². The van der Waals surface area contributed by atoms with E-state index < -0.39 is 11.7 Å². The first kappa shape index (κ1) is 13.5. The lowest BCUT2D eigenvalue weighted by molar-refractivity contribution is -0.137. The SMILES string of the molecule is CCNCc1noc(-c2cccc(C(F)(F)F)c2)n1. The van der Waals surface area contributed by atoms with Crippen molar-refractivity contribution < 1.29 is 17.7 Å². The minimum atomic E-state index is -4.39. The summed E-state index contributed by atoms with van der Waals surface area (Å²) in [5, 5.41) is 6.69. The van der Waals surface area contributed by atoms with Crippen LogP contribution in [0.5, 0.6) is 0 Å². The molecule has 0 aliphatic rings. The molecule has 0 fully saturated rings. The van der Waals surface area contributed by atoms with E-state index in [0.717, 1.165) is 18.7 Å². The maximum absolute atomic E-state index is 12.6. The molecule has 0 unspecified atom stereocenters. The molecule has 102 valence electrons. The third-order valence-electron chi connectivity index (χ3n) is 2.44. The van der Waals surface area contributed by atoms with E-state index in [1.165, 1.54) is 12.1 Å². The van der Waals surface area contributed by atoms with E-state index in [1.54, 1.807) is 0 Å². The van der Waals surface area contributed by atoms with Crippen molar-refractivity contribution in [3.63, 3.8) is 0 Å². The van der Waals surface area contributed by atoms with E-state index in [0.29, 0.717) is 12.4 Å². The van der Waals surface area contributed by atoms with Gasteiger partial charge in [-0.3, -0.25) is 0 Å². The number of halogens is 3. The predicted octanol–water partition coefficient (Wildman–Crippen LogP) is 2.86. The summed E-state index contributed by atoms with van der Waals surface area (Å²) in [7, 11) is 0. The van der Waals surface area contributed by atoms with E-state index in [2.05, 4.69) is 15.5 Å². The van der Waals surface area contributed by atoms with Gasteiger partial charge in [-0.2, -0.15) is 18.2 Å². The Kier molecular flexibility index (Phi) is 3.84. The van der Waals surface area contributed by atoms with Crippen LogP contribution in [0.1, 0.15) is 18.3 Å². The number of rotatable bonds is 4. The highest BCUT2D eigenvalue weighted by Gasteiger charge is 2.30. The molecule has 1 heterocycles. The topological polar surface area (TPSA) is 51.0 Å². The lowest BCUT2D eigenvalue weighted by atomic mass is 10.1. The van der Waals surface area contributed by atoms with Gasteiger partial charge in [0.1, 0.15) is 0 Å². The Hall–Kier alpha value is -1.89.